The second-order valence-electron chi connectivity index (χ2n) is 6.04. The van der Waals surface area contributed by atoms with Crippen molar-refractivity contribution < 1.29 is 19.1 Å². The maximum absolute atomic E-state index is 12.1. The zero-order valence-electron chi connectivity index (χ0n) is 15.5. The summed E-state index contributed by atoms with van der Waals surface area (Å²) in [6, 6.07) is 12.8. The van der Waals surface area contributed by atoms with Gasteiger partial charge in [-0.1, -0.05) is 6.07 Å². The minimum atomic E-state index is -0.702. The molecule has 1 heterocycles. The zero-order chi connectivity index (χ0) is 19.2. The Morgan fingerprint density at radius 1 is 0.963 bits per heavy atom. The molecule has 1 aliphatic rings. The Bertz CT molecular complexity index is 816. The molecule has 0 aliphatic carbocycles. The summed E-state index contributed by atoms with van der Waals surface area (Å²) >= 11 is 0. The molecule has 0 aromatic heterocycles. The Labute approximate surface area is 158 Å². The number of fused-ring (bicyclic) bond motifs is 1. The first kappa shape index (κ1) is 18.6. The van der Waals surface area contributed by atoms with Crippen LogP contribution in [0.5, 0.6) is 11.5 Å². The van der Waals surface area contributed by atoms with Gasteiger partial charge in [0.25, 0.3) is 0 Å². The highest BCUT2D eigenvalue weighted by Crippen LogP contribution is 2.32. The van der Waals surface area contributed by atoms with E-state index in [1.165, 1.54) is 0 Å². The molecule has 27 heavy (non-hydrogen) atoms. The van der Waals surface area contributed by atoms with Crippen LogP contribution in [0.4, 0.5) is 11.4 Å². The number of hydrogen-bond donors (Lipinski definition) is 2. The Kier molecular flexibility index (Phi) is 5.80. The number of rotatable bonds is 6. The van der Waals surface area contributed by atoms with E-state index >= 15 is 0 Å². The Morgan fingerprint density at radius 3 is 2.37 bits per heavy atom. The molecule has 3 rings (SSSR count). The van der Waals surface area contributed by atoms with Gasteiger partial charge in [0, 0.05) is 31.0 Å². The highest BCUT2D eigenvalue weighted by Gasteiger charge is 2.16. The van der Waals surface area contributed by atoms with E-state index in [-0.39, 0.29) is 13.3 Å². The van der Waals surface area contributed by atoms with Gasteiger partial charge in [0.15, 0.2) is 11.5 Å². The summed E-state index contributed by atoms with van der Waals surface area (Å²) < 4.78 is 10.5. The number of anilines is 2. The summed E-state index contributed by atoms with van der Waals surface area (Å²) in [6.45, 7) is 6.41. The maximum atomic E-state index is 12.1. The smallest absolute Gasteiger partial charge is 0.313 e. The normalized spacial score (nSPS) is 11.8. The average molecular weight is 369 g/mol. The molecular formula is C20H23N3O4. The van der Waals surface area contributed by atoms with Crippen LogP contribution < -0.4 is 25.0 Å². The van der Waals surface area contributed by atoms with Gasteiger partial charge < -0.3 is 25.0 Å². The number of hydrogen-bond acceptors (Lipinski definition) is 5. The third-order valence-electron chi connectivity index (χ3n) is 4.35. The van der Waals surface area contributed by atoms with E-state index < -0.39 is 11.8 Å². The van der Waals surface area contributed by atoms with E-state index in [4.69, 9.17) is 9.47 Å². The lowest BCUT2D eigenvalue weighted by Gasteiger charge is -2.21. The predicted octanol–water partition coefficient (Wildman–Crippen LogP) is 2.52. The van der Waals surface area contributed by atoms with Crippen LogP contribution in [0.3, 0.4) is 0 Å². The van der Waals surface area contributed by atoms with Gasteiger partial charge in [0.1, 0.15) is 0 Å². The molecule has 7 heteroatoms. The van der Waals surface area contributed by atoms with Gasteiger partial charge in [-0.3, -0.25) is 9.59 Å². The fourth-order valence-corrected chi connectivity index (χ4v) is 2.85. The van der Waals surface area contributed by atoms with Crippen molar-refractivity contribution in [3.63, 3.8) is 0 Å². The van der Waals surface area contributed by atoms with Crippen LogP contribution >= 0.6 is 0 Å². The second-order valence-corrected chi connectivity index (χ2v) is 6.04. The molecule has 2 aromatic carbocycles. The monoisotopic (exact) mass is 369 g/mol. The number of carbonyl (C=O) groups is 2. The van der Waals surface area contributed by atoms with Crippen molar-refractivity contribution in [1.29, 1.82) is 0 Å². The SMILES string of the molecule is CCN(CC)c1ccc(NC(=O)C(=O)NCc2ccc3c(c2)OCO3)cc1. The molecule has 0 radical (unpaired) electrons. The number of benzene rings is 2. The van der Waals surface area contributed by atoms with Crippen LogP contribution in [0.2, 0.25) is 0 Å². The fourth-order valence-electron chi connectivity index (χ4n) is 2.85. The van der Waals surface area contributed by atoms with Crippen molar-refractivity contribution in [3.05, 3.63) is 48.0 Å². The second kappa shape index (κ2) is 8.44. The molecule has 2 amide bonds. The van der Waals surface area contributed by atoms with E-state index in [1.807, 2.05) is 18.2 Å². The number of nitrogens with zero attached hydrogens (tertiary/aromatic N) is 1. The van der Waals surface area contributed by atoms with Gasteiger partial charge in [-0.05, 0) is 55.8 Å². The Balaban J connectivity index is 1.52. The molecule has 0 bridgehead atoms. The van der Waals surface area contributed by atoms with Gasteiger partial charge in [0.05, 0.1) is 0 Å². The Hall–Kier alpha value is -3.22. The van der Waals surface area contributed by atoms with Crippen LogP contribution in [0.1, 0.15) is 19.4 Å². The summed E-state index contributed by atoms with van der Waals surface area (Å²) in [5.41, 5.74) is 2.48. The van der Waals surface area contributed by atoms with Crippen molar-refractivity contribution >= 4 is 23.2 Å². The lowest BCUT2D eigenvalue weighted by Crippen LogP contribution is -2.34. The largest absolute Gasteiger partial charge is 0.454 e. The van der Waals surface area contributed by atoms with E-state index in [9.17, 15) is 9.59 Å². The molecular weight excluding hydrogens is 346 g/mol. The number of amides is 2. The first-order chi connectivity index (χ1) is 13.1. The number of ether oxygens (including phenoxy) is 2. The first-order valence-electron chi connectivity index (χ1n) is 8.93. The molecule has 2 aromatic rings. The summed E-state index contributed by atoms with van der Waals surface area (Å²) in [7, 11) is 0. The lowest BCUT2D eigenvalue weighted by atomic mass is 10.2. The molecule has 0 fully saturated rings. The topological polar surface area (TPSA) is 79.9 Å². The third-order valence-corrected chi connectivity index (χ3v) is 4.35. The molecule has 2 N–H and O–H groups in total. The molecule has 7 nitrogen and oxygen atoms in total. The highest BCUT2D eigenvalue weighted by atomic mass is 16.7. The summed E-state index contributed by atoms with van der Waals surface area (Å²) in [5.74, 6) is -0.0812. The van der Waals surface area contributed by atoms with Crippen LogP contribution in [0.25, 0.3) is 0 Å². The minimum absolute atomic E-state index is 0.195. The van der Waals surface area contributed by atoms with Gasteiger partial charge in [0.2, 0.25) is 6.79 Å². The Morgan fingerprint density at radius 2 is 1.67 bits per heavy atom. The van der Waals surface area contributed by atoms with E-state index in [2.05, 4.69) is 29.4 Å². The van der Waals surface area contributed by atoms with Gasteiger partial charge in [-0.25, -0.2) is 0 Å². The summed E-state index contributed by atoms with van der Waals surface area (Å²) in [6.07, 6.45) is 0. The van der Waals surface area contributed by atoms with Crippen molar-refractivity contribution in [2.24, 2.45) is 0 Å². The van der Waals surface area contributed by atoms with Crippen LogP contribution in [0, 0.1) is 0 Å². The molecule has 142 valence electrons. The fraction of sp³-hybridized carbons (Fsp3) is 0.300. The lowest BCUT2D eigenvalue weighted by molar-refractivity contribution is -0.136. The molecule has 0 saturated heterocycles. The van der Waals surface area contributed by atoms with Crippen molar-refractivity contribution in [2.45, 2.75) is 20.4 Å². The highest BCUT2D eigenvalue weighted by molar-refractivity contribution is 6.39. The average Bonchev–Trinajstić information content (AvgIpc) is 3.16. The van der Waals surface area contributed by atoms with Crippen LogP contribution in [-0.2, 0) is 16.1 Å². The molecule has 1 aliphatic heterocycles. The molecule has 0 saturated carbocycles. The molecule has 0 unspecified atom stereocenters. The van der Waals surface area contributed by atoms with E-state index in [1.54, 1.807) is 24.3 Å². The minimum Gasteiger partial charge on any atom is -0.454 e. The van der Waals surface area contributed by atoms with Gasteiger partial charge in [-0.2, -0.15) is 0 Å². The standard InChI is InChI=1S/C20H23N3O4/c1-3-23(4-2)16-8-6-15(7-9-16)22-20(25)19(24)21-12-14-5-10-17-18(11-14)27-13-26-17/h5-11H,3-4,12-13H2,1-2H3,(H,21,24)(H,22,25). The predicted molar refractivity (Wildman–Crippen MR) is 103 cm³/mol. The quantitative estimate of drug-likeness (QED) is 0.765. The van der Waals surface area contributed by atoms with Crippen molar-refractivity contribution in [1.82, 2.24) is 5.32 Å². The third kappa shape index (κ3) is 4.49. The van der Waals surface area contributed by atoms with Crippen molar-refractivity contribution in [2.75, 3.05) is 30.1 Å². The summed E-state index contributed by atoms with van der Waals surface area (Å²) in [4.78, 5) is 26.3. The first-order valence-corrected chi connectivity index (χ1v) is 8.93. The van der Waals surface area contributed by atoms with Crippen LogP contribution in [-0.4, -0.2) is 31.7 Å². The van der Waals surface area contributed by atoms with Crippen molar-refractivity contribution in [3.8, 4) is 11.5 Å². The summed E-state index contributed by atoms with van der Waals surface area (Å²) in [5, 5.41) is 5.21. The van der Waals surface area contributed by atoms with Gasteiger partial charge >= 0.3 is 11.8 Å². The molecule has 0 atom stereocenters. The number of nitrogens with one attached hydrogen (secondary N) is 2. The number of carbonyl (C=O) groups excluding carboxylic acids is 2. The molecule has 0 spiro atoms. The van der Waals surface area contributed by atoms with Crippen LogP contribution in [0.15, 0.2) is 42.5 Å². The maximum Gasteiger partial charge on any atom is 0.313 e. The zero-order valence-corrected chi connectivity index (χ0v) is 15.5. The van der Waals surface area contributed by atoms with E-state index in [0.717, 1.165) is 24.3 Å². The van der Waals surface area contributed by atoms with Gasteiger partial charge in [-0.15, -0.1) is 0 Å². The van der Waals surface area contributed by atoms with E-state index in [0.29, 0.717) is 17.2 Å².